The number of carbonyl (C=O) groups excluding carboxylic acids is 2. The molecule has 1 rings (SSSR count). The SMILES string of the molecule is CC(C)CC(=O)O[C@H]1CC[C@@H](OC(=O)CC(C)C)CC1. The Balaban J connectivity index is 2.23. The van der Waals surface area contributed by atoms with Gasteiger partial charge in [0.1, 0.15) is 12.2 Å². The molecule has 0 aromatic rings. The average molecular weight is 284 g/mol. The van der Waals surface area contributed by atoms with Gasteiger partial charge >= 0.3 is 11.9 Å². The number of rotatable bonds is 6. The molecule has 1 aliphatic rings. The Bertz CT molecular complexity index is 282. The molecule has 0 N–H and O–H groups in total. The summed E-state index contributed by atoms with van der Waals surface area (Å²) < 4.78 is 10.9. The molecule has 0 atom stereocenters. The second kappa shape index (κ2) is 8.28. The van der Waals surface area contributed by atoms with E-state index in [2.05, 4.69) is 0 Å². The van der Waals surface area contributed by atoms with Crippen LogP contribution in [0.5, 0.6) is 0 Å². The molecule has 20 heavy (non-hydrogen) atoms. The normalized spacial score (nSPS) is 22.9. The number of hydrogen-bond donors (Lipinski definition) is 0. The highest BCUT2D eigenvalue weighted by Gasteiger charge is 2.26. The average Bonchev–Trinajstić information content (AvgIpc) is 2.29. The van der Waals surface area contributed by atoms with Crippen LogP contribution in [0.4, 0.5) is 0 Å². The van der Waals surface area contributed by atoms with Gasteiger partial charge < -0.3 is 9.47 Å². The van der Waals surface area contributed by atoms with Gasteiger partial charge in [0.2, 0.25) is 0 Å². The first-order valence-corrected chi connectivity index (χ1v) is 7.75. The summed E-state index contributed by atoms with van der Waals surface area (Å²) in [7, 11) is 0. The molecule has 4 heteroatoms. The van der Waals surface area contributed by atoms with Gasteiger partial charge in [0.05, 0.1) is 0 Å². The van der Waals surface area contributed by atoms with Gasteiger partial charge in [-0.25, -0.2) is 0 Å². The van der Waals surface area contributed by atoms with Crippen molar-refractivity contribution < 1.29 is 19.1 Å². The van der Waals surface area contributed by atoms with Crippen LogP contribution in [-0.2, 0) is 19.1 Å². The third-order valence-electron chi connectivity index (χ3n) is 3.37. The van der Waals surface area contributed by atoms with E-state index in [9.17, 15) is 9.59 Å². The van der Waals surface area contributed by atoms with Crippen LogP contribution in [-0.4, -0.2) is 24.1 Å². The van der Waals surface area contributed by atoms with Crippen molar-refractivity contribution in [3.63, 3.8) is 0 Å². The van der Waals surface area contributed by atoms with Crippen LogP contribution in [0, 0.1) is 11.8 Å². The minimum absolute atomic E-state index is 0.00120. The molecule has 1 saturated carbocycles. The fourth-order valence-electron chi connectivity index (χ4n) is 2.40. The summed E-state index contributed by atoms with van der Waals surface area (Å²) in [6.45, 7) is 8.03. The molecule has 0 spiro atoms. The molecule has 1 aliphatic carbocycles. The lowest BCUT2D eigenvalue weighted by molar-refractivity contribution is -0.159. The second-order valence-corrected chi connectivity index (χ2v) is 6.57. The fourth-order valence-corrected chi connectivity index (χ4v) is 2.40. The predicted molar refractivity (Wildman–Crippen MR) is 77.1 cm³/mol. The Morgan fingerprint density at radius 1 is 0.800 bits per heavy atom. The molecule has 0 saturated heterocycles. The van der Waals surface area contributed by atoms with Crippen molar-refractivity contribution in [1.82, 2.24) is 0 Å². The zero-order valence-corrected chi connectivity index (χ0v) is 13.2. The van der Waals surface area contributed by atoms with Gasteiger partial charge in [0.15, 0.2) is 0 Å². The van der Waals surface area contributed by atoms with Gasteiger partial charge in [0, 0.05) is 12.8 Å². The molecule has 4 nitrogen and oxygen atoms in total. The first kappa shape index (κ1) is 17.0. The third kappa shape index (κ3) is 6.92. The Labute approximate surface area is 122 Å². The standard InChI is InChI=1S/C16H28O4/c1-11(2)9-15(17)19-13-5-7-14(8-6-13)20-16(18)10-12(3)4/h11-14H,5-10H2,1-4H3/t13-,14+. The van der Waals surface area contributed by atoms with E-state index in [0.717, 1.165) is 25.7 Å². The highest BCUT2D eigenvalue weighted by atomic mass is 16.6. The Morgan fingerprint density at radius 3 is 1.35 bits per heavy atom. The molecular formula is C16H28O4. The molecule has 116 valence electrons. The van der Waals surface area contributed by atoms with E-state index in [0.29, 0.717) is 24.7 Å². The maximum atomic E-state index is 11.6. The largest absolute Gasteiger partial charge is 0.462 e. The topological polar surface area (TPSA) is 52.6 Å². The monoisotopic (exact) mass is 284 g/mol. The predicted octanol–water partition coefficient (Wildman–Crippen LogP) is 3.48. The molecule has 0 radical (unpaired) electrons. The minimum atomic E-state index is -0.111. The van der Waals surface area contributed by atoms with E-state index in [-0.39, 0.29) is 24.1 Å². The first-order chi connectivity index (χ1) is 9.36. The quantitative estimate of drug-likeness (QED) is 0.701. The number of hydrogen-bond acceptors (Lipinski definition) is 4. The lowest BCUT2D eigenvalue weighted by Crippen LogP contribution is -2.30. The van der Waals surface area contributed by atoms with Crippen LogP contribution in [0.25, 0.3) is 0 Å². The highest BCUT2D eigenvalue weighted by molar-refractivity contribution is 5.70. The zero-order chi connectivity index (χ0) is 15.1. The summed E-state index contributed by atoms with van der Waals surface area (Å²) in [5, 5.41) is 0. The Kier molecular flexibility index (Phi) is 7.03. The molecule has 0 heterocycles. The van der Waals surface area contributed by atoms with Crippen molar-refractivity contribution in [2.24, 2.45) is 11.8 Å². The van der Waals surface area contributed by atoms with E-state index in [1.165, 1.54) is 0 Å². The van der Waals surface area contributed by atoms with E-state index in [1.54, 1.807) is 0 Å². The molecular weight excluding hydrogens is 256 g/mol. The third-order valence-corrected chi connectivity index (χ3v) is 3.37. The molecule has 0 bridgehead atoms. The van der Waals surface area contributed by atoms with Gasteiger partial charge in [-0.2, -0.15) is 0 Å². The molecule has 1 fully saturated rings. The van der Waals surface area contributed by atoms with Crippen molar-refractivity contribution in [3.05, 3.63) is 0 Å². The summed E-state index contributed by atoms with van der Waals surface area (Å²) in [4.78, 5) is 23.2. The highest BCUT2D eigenvalue weighted by Crippen LogP contribution is 2.24. The van der Waals surface area contributed by atoms with E-state index < -0.39 is 0 Å². The summed E-state index contributed by atoms with van der Waals surface area (Å²) in [5.74, 6) is 0.437. The van der Waals surface area contributed by atoms with Crippen LogP contribution < -0.4 is 0 Å². The van der Waals surface area contributed by atoms with E-state index in [1.807, 2.05) is 27.7 Å². The maximum Gasteiger partial charge on any atom is 0.306 e. The van der Waals surface area contributed by atoms with Crippen molar-refractivity contribution in [3.8, 4) is 0 Å². The van der Waals surface area contributed by atoms with Crippen molar-refractivity contribution >= 4 is 11.9 Å². The number of carbonyl (C=O) groups is 2. The molecule has 0 unspecified atom stereocenters. The number of esters is 2. The molecule has 0 amide bonds. The lowest BCUT2D eigenvalue weighted by Gasteiger charge is -2.28. The lowest BCUT2D eigenvalue weighted by atomic mass is 9.94. The van der Waals surface area contributed by atoms with Crippen LogP contribution >= 0.6 is 0 Å². The van der Waals surface area contributed by atoms with E-state index >= 15 is 0 Å². The van der Waals surface area contributed by atoms with Crippen molar-refractivity contribution in [2.45, 2.75) is 78.4 Å². The minimum Gasteiger partial charge on any atom is -0.462 e. The molecule has 0 aliphatic heterocycles. The van der Waals surface area contributed by atoms with Crippen LogP contribution in [0.1, 0.15) is 66.2 Å². The summed E-state index contributed by atoms with van der Waals surface area (Å²) in [6, 6.07) is 0. The van der Waals surface area contributed by atoms with Crippen molar-refractivity contribution in [1.29, 1.82) is 0 Å². The summed E-state index contributed by atoms with van der Waals surface area (Å²) >= 11 is 0. The van der Waals surface area contributed by atoms with Gasteiger partial charge in [-0.1, -0.05) is 27.7 Å². The van der Waals surface area contributed by atoms with Crippen LogP contribution in [0.2, 0.25) is 0 Å². The summed E-state index contributed by atoms with van der Waals surface area (Å²) in [5.41, 5.74) is 0. The first-order valence-electron chi connectivity index (χ1n) is 7.75. The maximum absolute atomic E-state index is 11.6. The van der Waals surface area contributed by atoms with E-state index in [4.69, 9.17) is 9.47 Å². The second-order valence-electron chi connectivity index (χ2n) is 6.57. The van der Waals surface area contributed by atoms with Crippen LogP contribution in [0.15, 0.2) is 0 Å². The number of ether oxygens (including phenoxy) is 2. The smallest absolute Gasteiger partial charge is 0.306 e. The van der Waals surface area contributed by atoms with Gasteiger partial charge in [0.25, 0.3) is 0 Å². The van der Waals surface area contributed by atoms with Crippen LogP contribution in [0.3, 0.4) is 0 Å². The van der Waals surface area contributed by atoms with Gasteiger partial charge in [-0.15, -0.1) is 0 Å². The molecule has 0 aromatic heterocycles. The Hall–Kier alpha value is -1.06. The van der Waals surface area contributed by atoms with Crippen molar-refractivity contribution in [2.75, 3.05) is 0 Å². The van der Waals surface area contributed by atoms with Gasteiger partial charge in [-0.05, 0) is 37.5 Å². The zero-order valence-electron chi connectivity index (χ0n) is 13.2. The summed E-state index contributed by atoms with van der Waals surface area (Å²) in [6.07, 6.45) is 4.13. The van der Waals surface area contributed by atoms with Gasteiger partial charge in [-0.3, -0.25) is 9.59 Å². The fraction of sp³-hybridized carbons (Fsp3) is 0.875. The Morgan fingerprint density at radius 2 is 1.10 bits per heavy atom. The molecule has 0 aromatic carbocycles.